The summed E-state index contributed by atoms with van der Waals surface area (Å²) in [6.45, 7) is 0.0179. The maximum atomic E-state index is 10.8. The van der Waals surface area contributed by atoms with Crippen molar-refractivity contribution in [2.45, 2.75) is 104 Å². The fourth-order valence-corrected chi connectivity index (χ4v) is 5.86. The molecule has 3 heterocycles. The monoisotopic (exact) mass is 562 g/mol. The van der Waals surface area contributed by atoms with Crippen LogP contribution < -0.4 is 0 Å². The van der Waals surface area contributed by atoms with E-state index in [4.69, 9.17) is 23.7 Å². The summed E-state index contributed by atoms with van der Waals surface area (Å²) in [5.41, 5.74) is -1.29. The molecule has 3 aliphatic rings. The Morgan fingerprint density at radius 2 is 1.14 bits per heavy atom. The van der Waals surface area contributed by atoms with Gasteiger partial charge in [0, 0.05) is 6.61 Å². The zero-order chi connectivity index (χ0) is 27.4. The van der Waals surface area contributed by atoms with E-state index in [2.05, 4.69) is 0 Å². The van der Waals surface area contributed by atoms with Crippen LogP contribution >= 0.6 is 11.8 Å². The summed E-state index contributed by atoms with van der Waals surface area (Å²) in [6.07, 6.45) is -19.2. The maximum Gasteiger partial charge on any atom is 0.187 e. The second kappa shape index (κ2) is 13.9. The van der Waals surface area contributed by atoms with E-state index in [1.165, 1.54) is 0 Å². The third-order valence-corrected chi connectivity index (χ3v) is 8.03. The largest absolute Gasteiger partial charge is 0.394 e. The van der Waals surface area contributed by atoms with E-state index < -0.39 is 110 Å². The number of aliphatic hydroxyl groups excluding tert-OH is 10. The average Bonchev–Trinajstić information content (AvgIpc) is 2.90. The number of hydrogen-bond donors (Lipinski definition) is 10. The first kappa shape index (κ1) is 31.3. The summed E-state index contributed by atoms with van der Waals surface area (Å²) in [5.74, 6) is 0. The highest BCUT2D eigenvalue weighted by molar-refractivity contribution is 8.00. The molecule has 3 saturated heterocycles. The van der Waals surface area contributed by atoms with Gasteiger partial charge in [-0.15, -0.1) is 11.8 Å². The van der Waals surface area contributed by atoms with Crippen molar-refractivity contribution in [2.75, 3.05) is 26.4 Å². The van der Waals surface area contributed by atoms with Gasteiger partial charge in [-0.3, -0.25) is 0 Å². The Morgan fingerprint density at radius 1 is 0.622 bits per heavy atom. The highest BCUT2D eigenvalue weighted by atomic mass is 32.2. The summed E-state index contributed by atoms with van der Waals surface area (Å²) < 4.78 is 28.0. The Balaban J connectivity index is 1.86. The van der Waals surface area contributed by atoms with Crippen molar-refractivity contribution in [1.29, 1.82) is 0 Å². The van der Waals surface area contributed by atoms with Crippen molar-refractivity contribution in [3.63, 3.8) is 0 Å². The normalized spacial score (nSPS) is 49.2. The Labute approximate surface area is 217 Å². The molecule has 0 aromatic heterocycles. The van der Waals surface area contributed by atoms with Gasteiger partial charge in [0.2, 0.25) is 0 Å². The van der Waals surface area contributed by atoms with Gasteiger partial charge in [-0.05, 0) is 6.42 Å². The molecule has 37 heavy (non-hydrogen) atoms. The first-order valence-electron chi connectivity index (χ1n) is 12.1. The number of ether oxygens (including phenoxy) is 5. The predicted molar refractivity (Wildman–Crippen MR) is 122 cm³/mol. The van der Waals surface area contributed by atoms with Crippen LogP contribution in [0.1, 0.15) is 13.3 Å². The van der Waals surface area contributed by atoms with Crippen molar-refractivity contribution in [3.05, 3.63) is 0 Å². The van der Waals surface area contributed by atoms with Crippen LogP contribution in [0, 0.1) is 0 Å². The van der Waals surface area contributed by atoms with Crippen molar-refractivity contribution in [1.82, 2.24) is 0 Å². The molecule has 0 radical (unpaired) electrons. The third-order valence-electron chi connectivity index (χ3n) is 6.57. The van der Waals surface area contributed by atoms with Gasteiger partial charge in [-0.1, -0.05) is 6.92 Å². The minimum absolute atomic E-state index is 0.208. The molecule has 3 rings (SSSR count). The number of thioether (sulfide) groups is 1. The second-order valence-corrected chi connectivity index (χ2v) is 10.5. The van der Waals surface area contributed by atoms with Crippen LogP contribution in [0.3, 0.4) is 0 Å². The van der Waals surface area contributed by atoms with Crippen LogP contribution in [0.2, 0.25) is 0 Å². The summed E-state index contributed by atoms with van der Waals surface area (Å²) in [7, 11) is 0. The average molecular weight is 563 g/mol. The fraction of sp³-hybridized carbons (Fsp3) is 1.00. The summed E-state index contributed by atoms with van der Waals surface area (Å²) >= 11 is 0.786. The van der Waals surface area contributed by atoms with Gasteiger partial charge in [0.15, 0.2) is 12.6 Å². The minimum Gasteiger partial charge on any atom is -0.394 e. The van der Waals surface area contributed by atoms with E-state index in [0.717, 1.165) is 11.8 Å². The van der Waals surface area contributed by atoms with Crippen LogP contribution in [-0.4, -0.2) is 168 Å². The smallest absolute Gasteiger partial charge is 0.187 e. The van der Waals surface area contributed by atoms with E-state index in [1.54, 1.807) is 0 Å². The molecule has 0 aromatic rings. The molecular formula is C21H38O15S. The van der Waals surface area contributed by atoms with Crippen LogP contribution in [0.5, 0.6) is 0 Å². The molecule has 0 unspecified atom stereocenters. The van der Waals surface area contributed by atoms with Gasteiger partial charge in [-0.25, -0.2) is 0 Å². The standard InChI is InChI=1S/C21H38O15S/c1-2-3-32-20-18(15(30)12(27)8(5-23)34-20)37-21-17(14(29)11(26)9(6-24)35-21)36-19-16(31)13(28)10(25)7(4-22)33-19/h7-31H,2-6H2,1H3/t7-,8-,9-,10-,11-,12-,13+,14+,15+,16+,17+,18+,19+,20-,21+/m1/s1. The predicted octanol–water partition coefficient (Wildman–Crippen LogP) is -5.42. The summed E-state index contributed by atoms with van der Waals surface area (Å²) in [6, 6.07) is 0. The van der Waals surface area contributed by atoms with Gasteiger partial charge < -0.3 is 74.7 Å². The van der Waals surface area contributed by atoms with Gasteiger partial charge in [0.05, 0.1) is 31.2 Å². The molecule has 3 aliphatic heterocycles. The van der Waals surface area contributed by atoms with Crippen molar-refractivity contribution >= 4 is 11.8 Å². The molecule has 3 fully saturated rings. The SMILES string of the molecule is CCCO[C@@H]1O[C@H](CO)[C@@H](O)[C@H](O)[C@@H]1S[C@@H]1O[C@H](CO)[C@@H](O)[C@H](O)[C@@H]1O[C@@H]1O[C@H](CO)[C@@H](O)[C@H](O)[C@@H]1O. The first-order valence-corrected chi connectivity index (χ1v) is 13.0. The number of aliphatic hydroxyl groups is 10. The van der Waals surface area contributed by atoms with Gasteiger partial charge >= 0.3 is 0 Å². The van der Waals surface area contributed by atoms with Crippen molar-refractivity contribution < 1.29 is 74.7 Å². The topological polar surface area (TPSA) is 248 Å². The third kappa shape index (κ3) is 6.74. The molecule has 0 aromatic carbocycles. The highest BCUT2D eigenvalue weighted by Gasteiger charge is 2.53. The van der Waals surface area contributed by atoms with Crippen LogP contribution in [0.15, 0.2) is 0 Å². The molecule has 0 saturated carbocycles. The van der Waals surface area contributed by atoms with E-state index in [1.807, 2.05) is 6.92 Å². The lowest BCUT2D eigenvalue weighted by Crippen LogP contribution is -2.65. The fourth-order valence-electron chi connectivity index (χ4n) is 4.37. The van der Waals surface area contributed by atoms with Crippen LogP contribution in [-0.2, 0) is 23.7 Å². The Bertz CT molecular complexity index is 690. The molecule has 15 nitrogen and oxygen atoms in total. The molecule has 0 spiro atoms. The van der Waals surface area contributed by atoms with Crippen molar-refractivity contribution in [3.8, 4) is 0 Å². The molecule has 16 heteroatoms. The minimum atomic E-state index is -1.82. The summed E-state index contributed by atoms with van der Waals surface area (Å²) in [5, 5.41) is 100. The molecule has 15 atom stereocenters. The number of rotatable bonds is 10. The zero-order valence-corrected chi connectivity index (χ0v) is 20.9. The van der Waals surface area contributed by atoms with E-state index in [-0.39, 0.29) is 6.61 Å². The van der Waals surface area contributed by atoms with E-state index in [0.29, 0.717) is 6.42 Å². The lowest BCUT2D eigenvalue weighted by atomic mass is 9.98. The molecule has 10 N–H and O–H groups in total. The van der Waals surface area contributed by atoms with Gasteiger partial charge in [0.25, 0.3) is 0 Å². The number of hydrogen-bond acceptors (Lipinski definition) is 16. The molecule has 0 aliphatic carbocycles. The van der Waals surface area contributed by atoms with Crippen molar-refractivity contribution in [2.24, 2.45) is 0 Å². The Kier molecular flexibility index (Phi) is 11.7. The Morgan fingerprint density at radius 3 is 1.70 bits per heavy atom. The molecule has 218 valence electrons. The van der Waals surface area contributed by atoms with Crippen LogP contribution in [0.4, 0.5) is 0 Å². The maximum absolute atomic E-state index is 10.8. The molecule has 0 bridgehead atoms. The Hall–Kier alpha value is -0.250. The van der Waals surface area contributed by atoms with Gasteiger partial charge in [0.1, 0.15) is 66.5 Å². The summed E-state index contributed by atoms with van der Waals surface area (Å²) in [4.78, 5) is 0. The second-order valence-electron chi connectivity index (χ2n) is 9.18. The van der Waals surface area contributed by atoms with E-state index in [9.17, 15) is 51.1 Å². The lowest BCUT2D eigenvalue weighted by Gasteiger charge is -2.48. The highest BCUT2D eigenvalue weighted by Crippen LogP contribution is 2.40. The molecule has 0 amide bonds. The first-order chi connectivity index (χ1) is 17.6. The molecular weight excluding hydrogens is 524 g/mol. The quantitative estimate of drug-likeness (QED) is 0.119. The van der Waals surface area contributed by atoms with Gasteiger partial charge in [-0.2, -0.15) is 0 Å². The van der Waals surface area contributed by atoms with E-state index >= 15 is 0 Å². The lowest BCUT2D eigenvalue weighted by molar-refractivity contribution is -0.334. The zero-order valence-electron chi connectivity index (χ0n) is 20.1. The van der Waals surface area contributed by atoms with Crippen LogP contribution in [0.25, 0.3) is 0 Å².